The largest absolute Gasteiger partial charge is 0.486 e. The molecule has 0 saturated carbocycles. The fraction of sp³-hybridized carbons (Fsp3) is 0.364. The van der Waals surface area contributed by atoms with E-state index in [4.69, 9.17) is 9.47 Å². The van der Waals surface area contributed by atoms with Crippen molar-refractivity contribution < 1.29 is 31.8 Å². The lowest BCUT2D eigenvalue weighted by Gasteiger charge is -2.21. The molecule has 9 heteroatoms. The van der Waals surface area contributed by atoms with E-state index in [9.17, 15) is 22.4 Å². The van der Waals surface area contributed by atoms with Gasteiger partial charge >= 0.3 is 18.3 Å². The predicted octanol–water partition coefficient (Wildman–Crippen LogP) is 3.06. The summed E-state index contributed by atoms with van der Waals surface area (Å²) in [5.74, 6) is -6.27. The summed E-state index contributed by atoms with van der Waals surface area (Å²) in [6.45, 7) is 0.587. The molecule has 1 N–H and O–H groups in total. The van der Waals surface area contributed by atoms with Crippen molar-refractivity contribution in [2.75, 3.05) is 18.5 Å². The van der Waals surface area contributed by atoms with Crippen LogP contribution >= 0.6 is 15.9 Å². The van der Waals surface area contributed by atoms with E-state index in [2.05, 4.69) is 15.9 Å². The molecule has 1 aliphatic heterocycles. The second-order valence-corrected chi connectivity index (χ2v) is 4.71. The molecule has 0 spiro atoms. The van der Waals surface area contributed by atoms with E-state index >= 15 is 0 Å². The van der Waals surface area contributed by atoms with Gasteiger partial charge in [0.25, 0.3) is 0 Å². The van der Waals surface area contributed by atoms with Crippen LogP contribution in [0.5, 0.6) is 11.5 Å². The predicted molar refractivity (Wildman–Crippen MR) is 64.7 cm³/mol. The van der Waals surface area contributed by atoms with Crippen LogP contribution in [0.1, 0.15) is 0 Å². The molecule has 1 aliphatic rings. The van der Waals surface area contributed by atoms with Gasteiger partial charge in [0.15, 0.2) is 11.5 Å². The molecule has 0 bridgehead atoms. The topological polar surface area (TPSA) is 47.6 Å². The van der Waals surface area contributed by atoms with Crippen LogP contribution in [0.4, 0.5) is 23.2 Å². The lowest BCUT2D eigenvalue weighted by molar-refractivity contribution is -0.163. The van der Waals surface area contributed by atoms with Crippen LogP contribution in [-0.4, -0.2) is 31.5 Å². The van der Waals surface area contributed by atoms with Gasteiger partial charge in [-0.05, 0) is 15.9 Å². The van der Waals surface area contributed by atoms with Crippen molar-refractivity contribution in [3.63, 3.8) is 0 Å². The van der Waals surface area contributed by atoms with Crippen molar-refractivity contribution in [2.24, 2.45) is 0 Å². The van der Waals surface area contributed by atoms with Crippen molar-refractivity contribution in [2.45, 2.75) is 12.3 Å². The lowest BCUT2D eigenvalue weighted by atomic mass is 10.2. The summed E-state index contributed by atoms with van der Waals surface area (Å²) < 4.78 is 60.5. The Labute approximate surface area is 119 Å². The van der Waals surface area contributed by atoms with Crippen molar-refractivity contribution >= 4 is 27.5 Å². The second kappa shape index (κ2) is 5.47. The molecule has 2 rings (SSSR count). The number of amides is 1. The van der Waals surface area contributed by atoms with Gasteiger partial charge in [-0.2, -0.15) is 8.78 Å². The first kappa shape index (κ1) is 14.9. The van der Waals surface area contributed by atoms with E-state index in [1.54, 1.807) is 5.32 Å². The number of anilines is 1. The van der Waals surface area contributed by atoms with Gasteiger partial charge in [0.2, 0.25) is 0 Å². The van der Waals surface area contributed by atoms with Crippen molar-refractivity contribution in [3.8, 4) is 11.5 Å². The van der Waals surface area contributed by atoms with E-state index in [0.29, 0.717) is 12.4 Å². The van der Waals surface area contributed by atoms with Crippen LogP contribution in [0.25, 0.3) is 0 Å². The highest BCUT2D eigenvalue weighted by atomic mass is 79.9. The fourth-order valence-electron chi connectivity index (χ4n) is 1.46. The Morgan fingerprint density at radius 2 is 1.80 bits per heavy atom. The number of benzene rings is 1. The Kier molecular flexibility index (Phi) is 4.07. The summed E-state index contributed by atoms with van der Waals surface area (Å²) in [7, 11) is 0. The highest BCUT2D eigenvalue weighted by molar-refractivity contribution is 9.10. The summed E-state index contributed by atoms with van der Waals surface area (Å²) >= 11 is 3.02. The zero-order chi connectivity index (χ0) is 14.9. The number of alkyl halides is 4. The molecule has 1 amide bonds. The van der Waals surface area contributed by atoms with E-state index in [0.717, 1.165) is 0 Å². The molecular weight excluding hydrogens is 350 g/mol. The second-order valence-electron chi connectivity index (χ2n) is 3.85. The zero-order valence-corrected chi connectivity index (χ0v) is 11.3. The lowest BCUT2D eigenvalue weighted by Crippen LogP contribution is -2.41. The summed E-state index contributed by atoms with van der Waals surface area (Å²) in [4.78, 5) is 11.2. The molecule has 0 radical (unpaired) electrons. The Hall–Kier alpha value is -1.51. The van der Waals surface area contributed by atoms with Crippen LogP contribution in [0.3, 0.4) is 0 Å². The van der Waals surface area contributed by atoms with Crippen LogP contribution in [0.15, 0.2) is 16.6 Å². The van der Waals surface area contributed by atoms with Crippen LogP contribution in [-0.2, 0) is 4.79 Å². The molecule has 20 heavy (non-hydrogen) atoms. The smallest absolute Gasteiger partial charge is 0.383 e. The molecule has 4 nitrogen and oxygen atoms in total. The standard InChI is InChI=1S/C11H8BrF4NO3/c12-5-3-7-8(20-2-1-19-7)4-6(5)17-10(18)11(15,16)9(13)14/h3-4,9H,1-2H2,(H,17,18). The quantitative estimate of drug-likeness (QED) is 0.845. The molecular formula is C11H8BrF4NO3. The Balaban J connectivity index is 2.24. The van der Waals surface area contributed by atoms with Gasteiger partial charge in [-0.25, -0.2) is 8.78 Å². The van der Waals surface area contributed by atoms with Gasteiger partial charge in [0.05, 0.1) is 5.69 Å². The number of nitrogens with one attached hydrogen (secondary N) is 1. The van der Waals surface area contributed by atoms with E-state index in [-0.39, 0.29) is 22.5 Å². The third-order valence-corrected chi connectivity index (χ3v) is 3.11. The maximum Gasteiger partial charge on any atom is 0.383 e. The van der Waals surface area contributed by atoms with Gasteiger partial charge in [-0.15, -0.1) is 0 Å². The summed E-state index contributed by atoms with van der Waals surface area (Å²) in [5, 5.41) is 1.73. The minimum absolute atomic E-state index is 0.112. The SMILES string of the molecule is O=C(Nc1cc2c(cc1Br)OCCO2)C(F)(F)C(F)F. The van der Waals surface area contributed by atoms with Crippen molar-refractivity contribution in [3.05, 3.63) is 16.6 Å². The number of halogens is 5. The van der Waals surface area contributed by atoms with E-state index in [1.165, 1.54) is 12.1 Å². The van der Waals surface area contributed by atoms with Crippen LogP contribution in [0.2, 0.25) is 0 Å². The van der Waals surface area contributed by atoms with Gasteiger partial charge in [0, 0.05) is 16.6 Å². The number of rotatable bonds is 3. The molecule has 0 aromatic heterocycles. The number of fused-ring (bicyclic) bond motifs is 1. The number of ether oxygens (including phenoxy) is 2. The average Bonchev–Trinajstić information content (AvgIpc) is 2.39. The van der Waals surface area contributed by atoms with Crippen LogP contribution in [0, 0.1) is 0 Å². The Bertz CT molecular complexity index is 539. The maximum absolute atomic E-state index is 12.9. The third-order valence-electron chi connectivity index (χ3n) is 2.46. The molecule has 0 atom stereocenters. The van der Waals surface area contributed by atoms with Crippen LogP contribution < -0.4 is 14.8 Å². The molecule has 0 saturated heterocycles. The molecule has 1 heterocycles. The summed E-state index contributed by atoms with van der Waals surface area (Å²) in [6.07, 6.45) is -4.08. The molecule has 1 aromatic carbocycles. The number of hydrogen-bond acceptors (Lipinski definition) is 3. The van der Waals surface area contributed by atoms with Gasteiger partial charge < -0.3 is 14.8 Å². The Morgan fingerprint density at radius 1 is 1.25 bits per heavy atom. The van der Waals surface area contributed by atoms with Crippen molar-refractivity contribution in [1.29, 1.82) is 0 Å². The first-order chi connectivity index (χ1) is 9.32. The zero-order valence-electron chi connectivity index (χ0n) is 9.76. The van der Waals surface area contributed by atoms with E-state index < -0.39 is 18.3 Å². The molecule has 0 aliphatic carbocycles. The molecule has 1 aromatic rings. The first-order valence-electron chi connectivity index (χ1n) is 5.39. The minimum Gasteiger partial charge on any atom is -0.486 e. The fourth-order valence-corrected chi connectivity index (χ4v) is 1.89. The average molecular weight is 358 g/mol. The summed E-state index contributed by atoms with van der Waals surface area (Å²) in [5.41, 5.74) is -0.112. The van der Waals surface area contributed by atoms with Gasteiger partial charge in [-0.1, -0.05) is 0 Å². The molecule has 0 fully saturated rings. The molecule has 0 unspecified atom stereocenters. The van der Waals surface area contributed by atoms with Gasteiger partial charge in [0.1, 0.15) is 13.2 Å². The maximum atomic E-state index is 12.9. The van der Waals surface area contributed by atoms with E-state index in [1.807, 2.05) is 0 Å². The monoisotopic (exact) mass is 357 g/mol. The first-order valence-corrected chi connectivity index (χ1v) is 6.18. The molecule has 110 valence electrons. The van der Waals surface area contributed by atoms with Gasteiger partial charge in [-0.3, -0.25) is 4.79 Å². The minimum atomic E-state index is -4.77. The highest BCUT2D eigenvalue weighted by Gasteiger charge is 2.49. The number of carbonyl (C=O) groups is 1. The third kappa shape index (κ3) is 2.82. The van der Waals surface area contributed by atoms with Crippen molar-refractivity contribution in [1.82, 2.24) is 0 Å². The number of hydrogen-bond donors (Lipinski definition) is 1. The summed E-state index contributed by atoms with van der Waals surface area (Å²) in [6, 6.07) is 2.61. The highest BCUT2D eigenvalue weighted by Crippen LogP contribution is 2.38. The normalized spacial score (nSPS) is 14.3. The number of carbonyl (C=O) groups excluding carboxylic acids is 1. The Morgan fingerprint density at radius 3 is 2.35 bits per heavy atom.